The van der Waals surface area contributed by atoms with Crippen molar-refractivity contribution in [3.63, 3.8) is 0 Å². The summed E-state index contributed by atoms with van der Waals surface area (Å²) in [5.41, 5.74) is 6.40. The third-order valence-corrected chi connectivity index (χ3v) is 2.79. The molecule has 0 unspecified atom stereocenters. The maximum atomic E-state index is 13.0. The molecule has 0 bridgehead atoms. The van der Waals surface area contributed by atoms with Crippen LogP contribution in [0.1, 0.15) is 24.8 Å². The summed E-state index contributed by atoms with van der Waals surface area (Å²) >= 11 is 0. The Morgan fingerprint density at radius 3 is 2.73 bits per heavy atom. The standard InChI is InChI=1S/C11H16FN3/c12-10-6-9(7-13)11(14-8-10)15-4-2-1-3-5-15/h6,8H,1-5,7,13H2. The molecule has 0 aliphatic carbocycles. The van der Waals surface area contributed by atoms with Gasteiger partial charge < -0.3 is 10.6 Å². The van der Waals surface area contributed by atoms with E-state index >= 15 is 0 Å². The number of halogens is 1. The Kier molecular flexibility index (Phi) is 3.16. The quantitative estimate of drug-likeness (QED) is 0.805. The zero-order valence-corrected chi connectivity index (χ0v) is 8.75. The van der Waals surface area contributed by atoms with E-state index in [0.29, 0.717) is 6.54 Å². The molecule has 1 aliphatic rings. The topological polar surface area (TPSA) is 42.1 Å². The maximum absolute atomic E-state index is 13.0. The van der Waals surface area contributed by atoms with Crippen molar-refractivity contribution >= 4 is 5.82 Å². The van der Waals surface area contributed by atoms with E-state index in [1.165, 1.54) is 31.5 Å². The molecular formula is C11H16FN3. The minimum atomic E-state index is -0.309. The van der Waals surface area contributed by atoms with Gasteiger partial charge >= 0.3 is 0 Å². The molecule has 1 saturated heterocycles. The summed E-state index contributed by atoms with van der Waals surface area (Å²) in [7, 11) is 0. The van der Waals surface area contributed by atoms with E-state index in [1.54, 1.807) is 0 Å². The number of nitrogens with two attached hydrogens (primary N) is 1. The van der Waals surface area contributed by atoms with Crippen molar-refractivity contribution in [1.29, 1.82) is 0 Å². The predicted octanol–water partition coefficient (Wildman–Crippen LogP) is 1.67. The van der Waals surface area contributed by atoms with Crippen LogP contribution in [0.4, 0.5) is 10.2 Å². The summed E-state index contributed by atoms with van der Waals surface area (Å²) in [6.45, 7) is 2.36. The fourth-order valence-corrected chi connectivity index (χ4v) is 2.01. The number of hydrogen-bond donors (Lipinski definition) is 1. The van der Waals surface area contributed by atoms with E-state index in [4.69, 9.17) is 5.73 Å². The molecule has 0 spiro atoms. The van der Waals surface area contributed by atoms with Crippen molar-refractivity contribution in [2.24, 2.45) is 5.73 Å². The average molecular weight is 209 g/mol. The zero-order valence-electron chi connectivity index (χ0n) is 8.75. The number of rotatable bonds is 2. The van der Waals surface area contributed by atoms with Gasteiger partial charge in [-0.15, -0.1) is 0 Å². The van der Waals surface area contributed by atoms with Gasteiger partial charge in [-0.3, -0.25) is 0 Å². The fraction of sp³-hybridized carbons (Fsp3) is 0.545. The summed E-state index contributed by atoms with van der Waals surface area (Å²) in [6.07, 6.45) is 4.91. The molecule has 1 aromatic rings. The fourth-order valence-electron chi connectivity index (χ4n) is 2.01. The van der Waals surface area contributed by atoms with E-state index in [0.717, 1.165) is 24.5 Å². The highest BCUT2D eigenvalue weighted by Crippen LogP contribution is 2.21. The van der Waals surface area contributed by atoms with E-state index in [1.807, 2.05) is 0 Å². The van der Waals surface area contributed by atoms with Crippen molar-refractivity contribution in [2.45, 2.75) is 25.8 Å². The highest BCUT2D eigenvalue weighted by molar-refractivity contribution is 5.47. The molecule has 0 atom stereocenters. The lowest BCUT2D eigenvalue weighted by Crippen LogP contribution is -2.31. The Morgan fingerprint density at radius 1 is 1.33 bits per heavy atom. The minimum absolute atomic E-state index is 0.309. The van der Waals surface area contributed by atoms with Gasteiger partial charge in [0, 0.05) is 25.2 Å². The number of nitrogens with zero attached hydrogens (tertiary/aromatic N) is 2. The van der Waals surface area contributed by atoms with Gasteiger partial charge in [0.1, 0.15) is 11.6 Å². The average Bonchev–Trinajstić information content (AvgIpc) is 2.30. The molecule has 3 nitrogen and oxygen atoms in total. The van der Waals surface area contributed by atoms with Crippen LogP contribution >= 0.6 is 0 Å². The molecule has 1 aliphatic heterocycles. The van der Waals surface area contributed by atoms with E-state index in [9.17, 15) is 4.39 Å². The number of pyridine rings is 1. The van der Waals surface area contributed by atoms with Gasteiger partial charge in [0.25, 0.3) is 0 Å². The molecule has 0 radical (unpaired) electrons. The van der Waals surface area contributed by atoms with Crippen LogP contribution in [0.3, 0.4) is 0 Å². The Hall–Kier alpha value is -1.16. The predicted molar refractivity (Wildman–Crippen MR) is 58.2 cm³/mol. The second-order valence-corrected chi connectivity index (χ2v) is 3.89. The highest BCUT2D eigenvalue weighted by atomic mass is 19.1. The van der Waals surface area contributed by atoms with Gasteiger partial charge in [-0.25, -0.2) is 9.37 Å². The SMILES string of the molecule is NCc1cc(F)cnc1N1CCCCC1. The van der Waals surface area contributed by atoms with Crippen molar-refractivity contribution in [1.82, 2.24) is 4.98 Å². The Morgan fingerprint density at radius 2 is 2.07 bits per heavy atom. The molecule has 0 amide bonds. The van der Waals surface area contributed by atoms with Gasteiger partial charge in [-0.05, 0) is 25.3 Å². The molecule has 15 heavy (non-hydrogen) atoms. The van der Waals surface area contributed by atoms with Gasteiger partial charge in [-0.1, -0.05) is 0 Å². The Balaban J connectivity index is 2.25. The lowest BCUT2D eigenvalue weighted by atomic mass is 10.1. The maximum Gasteiger partial charge on any atom is 0.141 e. The van der Waals surface area contributed by atoms with Crippen molar-refractivity contribution in [2.75, 3.05) is 18.0 Å². The van der Waals surface area contributed by atoms with Crippen molar-refractivity contribution in [3.05, 3.63) is 23.6 Å². The van der Waals surface area contributed by atoms with Crippen LogP contribution in [-0.2, 0) is 6.54 Å². The molecular weight excluding hydrogens is 193 g/mol. The Labute approximate surface area is 89.1 Å². The largest absolute Gasteiger partial charge is 0.356 e. The summed E-state index contributed by atoms with van der Waals surface area (Å²) in [5.74, 6) is 0.551. The van der Waals surface area contributed by atoms with E-state index in [2.05, 4.69) is 9.88 Å². The summed E-state index contributed by atoms with van der Waals surface area (Å²) < 4.78 is 13.0. The van der Waals surface area contributed by atoms with Crippen LogP contribution in [0.5, 0.6) is 0 Å². The van der Waals surface area contributed by atoms with E-state index in [-0.39, 0.29) is 5.82 Å². The first-order valence-electron chi connectivity index (χ1n) is 5.40. The summed E-state index contributed by atoms with van der Waals surface area (Å²) in [5, 5.41) is 0. The van der Waals surface area contributed by atoms with Crippen LogP contribution in [0.15, 0.2) is 12.3 Å². The number of piperidine rings is 1. The van der Waals surface area contributed by atoms with Crippen molar-refractivity contribution < 1.29 is 4.39 Å². The van der Waals surface area contributed by atoms with Crippen LogP contribution in [0.2, 0.25) is 0 Å². The second kappa shape index (κ2) is 4.57. The summed E-state index contributed by atoms with van der Waals surface area (Å²) in [6, 6.07) is 1.48. The first-order valence-corrected chi connectivity index (χ1v) is 5.40. The van der Waals surface area contributed by atoms with Gasteiger partial charge in [0.2, 0.25) is 0 Å². The van der Waals surface area contributed by atoms with Gasteiger partial charge in [-0.2, -0.15) is 0 Å². The second-order valence-electron chi connectivity index (χ2n) is 3.89. The number of aromatic nitrogens is 1. The lowest BCUT2D eigenvalue weighted by molar-refractivity contribution is 0.567. The molecule has 4 heteroatoms. The monoisotopic (exact) mass is 209 g/mol. The summed E-state index contributed by atoms with van der Waals surface area (Å²) in [4.78, 5) is 6.34. The highest BCUT2D eigenvalue weighted by Gasteiger charge is 2.15. The third-order valence-electron chi connectivity index (χ3n) is 2.79. The minimum Gasteiger partial charge on any atom is -0.356 e. The lowest BCUT2D eigenvalue weighted by Gasteiger charge is -2.29. The number of anilines is 1. The van der Waals surface area contributed by atoms with Crippen LogP contribution in [0, 0.1) is 5.82 Å². The molecule has 2 heterocycles. The number of hydrogen-bond acceptors (Lipinski definition) is 3. The van der Waals surface area contributed by atoms with E-state index < -0.39 is 0 Å². The van der Waals surface area contributed by atoms with Crippen molar-refractivity contribution in [3.8, 4) is 0 Å². The smallest absolute Gasteiger partial charge is 0.141 e. The van der Waals surface area contributed by atoms with Gasteiger partial charge in [0.05, 0.1) is 6.20 Å². The first-order chi connectivity index (χ1) is 7.31. The van der Waals surface area contributed by atoms with Gasteiger partial charge in [0.15, 0.2) is 0 Å². The van der Waals surface area contributed by atoms with Crippen LogP contribution in [0.25, 0.3) is 0 Å². The molecule has 1 fully saturated rings. The van der Waals surface area contributed by atoms with Crippen LogP contribution < -0.4 is 10.6 Å². The Bertz CT molecular complexity index is 335. The molecule has 2 N–H and O–H groups in total. The molecule has 1 aromatic heterocycles. The normalized spacial score (nSPS) is 16.8. The molecule has 0 aromatic carbocycles. The molecule has 2 rings (SSSR count). The first kappa shape index (κ1) is 10.4. The third kappa shape index (κ3) is 2.26. The molecule has 0 saturated carbocycles. The van der Waals surface area contributed by atoms with Crippen LogP contribution in [-0.4, -0.2) is 18.1 Å². The molecule has 82 valence electrons. The zero-order chi connectivity index (χ0) is 10.7.